The van der Waals surface area contributed by atoms with Crippen LogP contribution in [0.2, 0.25) is 0 Å². The molecule has 0 aromatic rings. The van der Waals surface area contributed by atoms with Crippen molar-refractivity contribution in [1.82, 2.24) is 5.32 Å². The van der Waals surface area contributed by atoms with Gasteiger partial charge in [0.25, 0.3) is 0 Å². The van der Waals surface area contributed by atoms with Crippen LogP contribution in [0.25, 0.3) is 0 Å². The molecule has 2 atom stereocenters. The van der Waals surface area contributed by atoms with Crippen molar-refractivity contribution in [2.75, 3.05) is 6.54 Å². The number of ether oxygens (including phenoxy) is 1. The third-order valence-corrected chi connectivity index (χ3v) is 6.90. The van der Waals surface area contributed by atoms with Crippen LogP contribution < -0.4 is 11.1 Å². The number of rotatable bonds is 27. The van der Waals surface area contributed by atoms with E-state index in [0.717, 1.165) is 44.9 Å². The molecule has 0 saturated heterocycles. The van der Waals surface area contributed by atoms with Gasteiger partial charge in [-0.05, 0) is 51.5 Å². The Balaban J connectivity index is 3.85. The number of esters is 1. The minimum absolute atomic E-state index is 0.0451. The van der Waals surface area contributed by atoms with Crippen LogP contribution in [-0.2, 0) is 19.1 Å². The molecule has 2 unspecified atom stereocenters. The highest BCUT2D eigenvalue weighted by Crippen LogP contribution is 2.16. The van der Waals surface area contributed by atoms with Crippen molar-refractivity contribution in [3.05, 3.63) is 0 Å². The number of carbonyl (C=O) groups is 3. The van der Waals surface area contributed by atoms with E-state index < -0.39 is 12.0 Å². The topological polar surface area (TPSA) is 119 Å². The van der Waals surface area contributed by atoms with Gasteiger partial charge in [0.1, 0.15) is 12.1 Å². The second-order valence-corrected chi connectivity index (χ2v) is 10.5. The van der Waals surface area contributed by atoms with Crippen LogP contribution in [0.4, 0.5) is 0 Å². The van der Waals surface area contributed by atoms with Crippen LogP contribution in [0.3, 0.4) is 0 Å². The maximum atomic E-state index is 12.3. The molecule has 0 aromatic carbocycles. The van der Waals surface area contributed by atoms with Crippen molar-refractivity contribution < 1.29 is 24.2 Å². The summed E-state index contributed by atoms with van der Waals surface area (Å²) in [7, 11) is 0. The minimum atomic E-state index is -1.02. The number of hydrogen-bond donors (Lipinski definition) is 3. The summed E-state index contributed by atoms with van der Waals surface area (Å²) in [6, 6.07) is -0.866. The van der Waals surface area contributed by atoms with Crippen molar-refractivity contribution >= 4 is 17.8 Å². The molecule has 1 amide bonds. The summed E-state index contributed by atoms with van der Waals surface area (Å²) in [5.41, 5.74) is 5.43. The van der Waals surface area contributed by atoms with E-state index in [0.29, 0.717) is 38.6 Å². The number of carboxylic acids is 1. The number of hydrogen-bond acceptors (Lipinski definition) is 5. The molecule has 0 aliphatic heterocycles. The van der Waals surface area contributed by atoms with E-state index in [2.05, 4.69) is 19.2 Å². The normalized spacial score (nSPS) is 12.7. The van der Waals surface area contributed by atoms with Gasteiger partial charge in [-0.2, -0.15) is 0 Å². The molecule has 0 rings (SSSR count). The predicted molar refractivity (Wildman–Crippen MR) is 151 cm³/mol. The predicted octanol–water partition coefficient (Wildman–Crippen LogP) is 7.05. The summed E-state index contributed by atoms with van der Waals surface area (Å²) >= 11 is 0. The van der Waals surface area contributed by atoms with E-state index in [-0.39, 0.29) is 18.0 Å². The number of carbonyl (C=O) groups excluding carboxylic acids is 2. The van der Waals surface area contributed by atoms with Crippen molar-refractivity contribution in [3.63, 3.8) is 0 Å². The highest BCUT2D eigenvalue weighted by Gasteiger charge is 2.19. The van der Waals surface area contributed by atoms with Gasteiger partial charge in [0.15, 0.2) is 0 Å². The summed E-state index contributed by atoms with van der Waals surface area (Å²) in [6.07, 6.45) is 22.1. The number of nitrogens with two attached hydrogens (primary N) is 1. The average Bonchev–Trinajstić information content (AvgIpc) is 2.86. The van der Waals surface area contributed by atoms with Crippen molar-refractivity contribution in [2.45, 2.75) is 167 Å². The Morgan fingerprint density at radius 1 is 0.676 bits per heavy atom. The van der Waals surface area contributed by atoms with E-state index >= 15 is 0 Å². The molecule has 0 heterocycles. The highest BCUT2D eigenvalue weighted by molar-refractivity contribution is 5.83. The fraction of sp³-hybridized carbons (Fsp3) is 0.900. The zero-order valence-corrected chi connectivity index (χ0v) is 24.1. The molecular formula is C30H58N2O5. The lowest BCUT2D eigenvalue weighted by molar-refractivity contribution is -0.150. The van der Waals surface area contributed by atoms with Crippen LogP contribution in [0.1, 0.15) is 155 Å². The van der Waals surface area contributed by atoms with E-state index in [1.165, 1.54) is 64.2 Å². The third kappa shape index (κ3) is 23.2. The van der Waals surface area contributed by atoms with Crippen LogP contribution in [0.15, 0.2) is 0 Å². The Hall–Kier alpha value is -1.63. The van der Waals surface area contributed by atoms with Crippen LogP contribution >= 0.6 is 0 Å². The molecule has 7 nitrogen and oxygen atoms in total. The summed E-state index contributed by atoms with van der Waals surface area (Å²) in [5, 5.41) is 11.8. The molecule has 0 radical (unpaired) electrons. The number of carboxylic acid groups (broad SMARTS) is 1. The van der Waals surface area contributed by atoms with Crippen LogP contribution in [-0.4, -0.2) is 41.6 Å². The summed E-state index contributed by atoms with van der Waals surface area (Å²) < 4.78 is 5.74. The van der Waals surface area contributed by atoms with Gasteiger partial charge in [0.05, 0.1) is 0 Å². The average molecular weight is 527 g/mol. The van der Waals surface area contributed by atoms with E-state index in [4.69, 9.17) is 10.5 Å². The van der Waals surface area contributed by atoms with Crippen molar-refractivity contribution in [3.8, 4) is 0 Å². The quantitative estimate of drug-likeness (QED) is 0.0779. The van der Waals surface area contributed by atoms with Gasteiger partial charge in [0.2, 0.25) is 5.91 Å². The third-order valence-electron chi connectivity index (χ3n) is 6.90. The van der Waals surface area contributed by atoms with Gasteiger partial charge < -0.3 is 20.9 Å². The fourth-order valence-corrected chi connectivity index (χ4v) is 4.62. The molecule has 0 aromatic heterocycles. The lowest BCUT2D eigenvalue weighted by Gasteiger charge is -2.17. The molecular weight excluding hydrogens is 468 g/mol. The van der Waals surface area contributed by atoms with Gasteiger partial charge in [-0.25, -0.2) is 4.79 Å². The smallest absolute Gasteiger partial charge is 0.326 e. The molecule has 4 N–H and O–H groups in total. The van der Waals surface area contributed by atoms with Gasteiger partial charge in [0, 0.05) is 12.8 Å². The Morgan fingerprint density at radius 3 is 1.76 bits per heavy atom. The minimum Gasteiger partial charge on any atom is -0.480 e. The lowest BCUT2D eigenvalue weighted by atomic mass is 10.0. The molecule has 0 saturated carbocycles. The van der Waals surface area contributed by atoms with Gasteiger partial charge in [-0.3, -0.25) is 9.59 Å². The van der Waals surface area contributed by atoms with Crippen molar-refractivity contribution in [1.29, 1.82) is 0 Å². The molecule has 37 heavy (non-hydrogen) atoms. The van der Waals surface area contributed by atoms with Crippen LogP contribution in [0.5, 0.6) is 0 Å². The number of aliphatic carboxylic acids is 1. The fourth-order valence-electron chi connectivity index (χ4n) is 4.62. The monoisotopic (exact) mass is 526 g/mol. The molecule has 218 valence electrons. The summed E-state index contributed by atoms with van der Waals surface area (Å²) in [5.74, 6) is -1.33. The zero-order valence-electron chi connectivity index (χ0n) is 24.1. The Bertz CT molecular complexity index is 570. The first-order valence-electron chi connectivity index (χ1n) is 15.4. The maximum absolute atomic E-state index is 12.3. The summed E-state index contributed by atoms with van der Waals surface area (Å²) in [4.78, 5) is 35.6. The first-order chi connectivity index (χ1) is 17.9. The van der Waals surface area contributed by atoms with E-state index in [9.17, 15) is 19.5 Å². The Labute approximate surface area is 227 Å². The second-order valence-electron chi connectivity index (χ2n) is 10.5. The van der Waals surface area contributed by atoms with Crippen molar-refractivity contribution in [2.24, 2.45) is 5.73 Å². The first-order valence-corrected chi connectivity index (χ1v) is 15.4. The van der Waals surface area contributed by atoms with Gasteiger partial charge in [-0.1, -0.05) is 97.3 Å². The van der Waals surface area contributed by atoms with E-state index in [1.54, 1.807) is 0 Å². The Morgan fingerprint density at radius 2 is 1.22 bits per heavy atom. The highest BCUT2D eigenvalue weighted by atomic mass is 16.5. The maximum Gasteiger partial charge on any atom is 0.326 e. The molecule has 0 fully saturated rings. The van der Waals surface area contributed by atoms with Gasteiger partial charge >= 0.3 is 11.9 Å². The van der Waals surface area contributed by atoms with E-state index in [1.807, 2.05) is 0 Å². The number of nitrogens with one attached hydrogen (secondary N) is 1. The Kier molecular flexibility index (Phi) is 24.9. The zero-order chi connectivity index (χ0) is 27.6. The molecule has 0 aliphatic carbocycles. The lowest BCUT2D eigenvalue weighted by Crippen LogP contribution is -2.40. The number of amides is 1. The largest absolute Gasteiger partial charge is 0.480 e. The first kappa shape index (κ1) is 35.4. The second kappa shape index (κ2) is 26.0. The molecule has 0 aliphatic rings. The number of unbranched alkanes of at least 4 members (excludes halogenated alkanes) is 13. The molecule has 0 spiro atoms. The SMILES string of the molecule is CCCCCCCCCCCCCCC(=O)OC(CCC)CCCCCC(=O)NC(CCCN)C(=O)O. The summed E-state index contributed by atoms with van der Waals surface area (Å²) in [6.45, 7) is 4.76. The van der Waals surface area contributed by atoms with Crippen LogP contribution in [0, 0.1) is 0 Å². The standard InChI is InChI=1S/C30H58N2O5/c1-3-5-6-7-8-9-10-11-12-13-14-18-24-29(34)37-26(20-4-2)21-16-15-17-23-28(33)32-27(30(35)36)22-19-25-31/h26-27H,3-25,31H2,1-2H3,(H,32,33)(H,35,36). The molecule has 0 bridgehead atoms. The van der Waals surface area contributed by atoms with Gasteiger partial charge in [-0.15, -0.1) is 0 Å². The molecule has 7 heteroatoms.